The van der Waals surface area contributed by atoms with E-state index in [-0.39, 0.29) is 5.91 Å². The van der Waals surface area contributed by atoms with E-state index >= 15 is 0 Å². The quantitative estimate of drug-likeness (QED) is 0.831. The van der Waals surface area contributed by atoms with Crippen LogP contribution >= 0.6 is 0 Å². The van der Waals surface area contributed by atoms with Crippen molar-refractivity contribution in [2.24, 2.45) is 5.73 Å². The molecule has 1 aromatic carbocycles. The highest BCUT2D eigenvalue weighted by Crippen LogP contribution is 2.18. The number of nitrogens with zero attached hydrogens (tertiary/aromatic N) is 2. The van der Waals surface area contributed by atoms with Gasteiger partial charge in [-0.2, -0.15) is 5.10 Å². The van der Waals surface area contributed by atoms with Crippen LogP contribution in [-0.4, -0.2) is 21.7 Å². The predicted octanol–water partition coefficient (Wildman–Crippen LogP) is 1.16. The van der Waals surface area contributed by atoms with E-state index in [1.165, 1.54) is 0 Å². The summed E-state index contributed by atoms with van der Waals surface area (Å²) in [6.45, 7) is 1.64. The Morgan fingerprint density at radius 1 is 1.41 bits per heavy atom. The van der Waals surface area contributed by atoms with Crippen LogP contribution in [0.5, 0.6) is 0 Å². The molecule has 0 aliphatic heterocycles. The maximum Gasteiger partial charge on any atom is 0.241 e. The lowest BCUT2D eigenvalue weighted by Gasteiger charge is -2.12. The summed E-state index contributed by atoms with van der Waals surface area (Å²) in [7, 11) is 0. The number of benzene rings is 1. The average molecular weight is 230 g/mol. The molecule has 0 bridgehead atoms. The van der Waals surface area contributed by atoms with Gasteiger partial charge in [0, 0.05) is 12.4 Å². The third-order valence-electron chi connectivity index (χ3n) is 2.33. The summed E-state index contributed by atoms with van der Waals surface area (Å²) in [6.07, 6.45) is 3.50. The van der Waals surface area contributed by atoms with Crippen molar-refractivity contribution in [3.63, 3.8) is 0 Å². The number of amides is 1. The van der Waals surface area contributed by atoms with E-state index in [1.54, 1.807) is 17.8 Å². The van der Waals surface area contributed by atoms with Crippen LogP contribution < -0.4 is 11.1 Å². The monoisotopic (exact) mass is 230 g/mol. The predicted molar refractivity (Wildman–Crippen MR) is 65.8 cm³/mol. The SMILES string of the molecule is CC(N)C(=O)Nc1ccccc1-n1cccn1. The van der Waals surface area contributed by atoms with Gasteiger partial charge in [0.2, 0.25) is 5.91 Å². The van der Waals surface area contributed by atoms with Gasteiger partial charge in [0.15, 0.2) is 0 Å². The topological polar surface area (TPSA) is 72.9 Å². The summed E-state index contributed by atoms with van der Waals surface area (Å²) in [5, 5.41) is 6.91. The first-order valence-electron chi connectivity index (χ1n) is 5.34. The molecule has 17 heavy (non-hydrogen) atoms. The molecule has 1 aromatic heterocycles. The second kappa shape index (κ2) is 4.80. The molecular formula is C12H14N4O. The number of aromatic nitrogens is 2. The first-order valence-corrected chi connectivity index (χ1v) is 5.34. The maximum atomic E-state index is 11.6. The van der Waals surface area contributed by atoms with Gasteiger partial charge in [-0.3, -0.25) is 4.79 Å². The molecular weight excluding hydrogens is 216 g/mol. The minimum absolute atomic E-state index is 0.218. The highest BCUT2D eigenvalue weighted by molar-refractivity contribution is 5.96. The average Bonchev–Trinajstić information content (AvgIpc) is 2.83. The summed E-state index contributed by atoms with van der Waals surface area (Å²) >= 11 is 0. The number of nitrogens with one attached hydrogen (secondary N) is 1. The highest BCUT2D eigenvalue weighted by Gasteiger charge is 2.10. The van der Waals surface area contributed by atoms with Gasteiger partial charge < -0.3 is 11.1 Å². The minimum atomic E-state index is -0.541. The van der Waals surface area contributed by atoms with Gasteiger partial charge in [-0.1, -0.05) is 12.1 Å². The highest BCUT2D eigenvalue weighted by atomic mass is 16.2. The summed E-state index contributed by atoms with van der Waals surface area (Å²) < 4.78 is 1.69. The van der Waals surface area contributed by atoms with E-state index < -0.39 is 6.04 Å². The fraction of sp³-hybridized carbons (Fsp3) is 0.167. The van der Waals surface area contributed by atoms with Crippen molar-refractivity contribution in [3.05, 3.63) is 42.7 Å². The zero-order valence-electron chi connectivity index (χ0n) is 9.50. The van der Waals surface area contributed by atoms with Crippen molar-refractivity contribution in [1.29, 1.82) is 0 Å². The molecule has 0 radical (unpaired) electrons. The Kier molecular flexibility index (Phi) is 3.20. The Labute approximate surface area is 99.2 Å². The number of carbonyl (C=O) groups excluding carboxylic acids is 1. The van der Waals surface area contributed by atoms with Crippen molar-refractivity contribution in [2.45, 2.75) is 13.0 Å². The molecule has 1 amide bonds. The second-order valence-corrected chi connectivity index (χ2v) is 3.75. The third-order valence-corrected chi connectivity index (χ3v) is 2.33. The number of para-hydroxylation sites is 2. The first kappa shape index (κ1) is 11.3. The zero-order valence-corrected chi connectivity index (χ0v) is 9.50. The van der Waals surface area contributed by atoms with E-state index in [0.29, 0.717) is 5.69 Å². The van der Waals surface area contributed by atoms with Crippen LogP contribution in [0.25, 0.3) is 5.69 Å². The molecule has 5 nitrogen and oxygen atoms in total. The maximum absolute atomic E-state index is 11.6. The fourth-order valence-electron chi connectivity index (χ4n) is 1.44. The summed E-state index contributed by atoms with van der Waals surface area (Å²) in [6, 6.07) is 8.72. The van der Waals surface area contributed by atoms with Gasteiger partial charge >= 0.3 is 0 Å². The molecule has 1 heterocycles. The molecule has 88 valence electrons. The number of hydrogen-bond acceptors (Lipinski definition) is 3. The minimum Gasteiger partial charge on any atom is -0.323 e. The fourth-order valence-corrected chi connectivity index (χ4v) is 1.44. The number of nitrogens with two attached hydrogens (primary N) is 1. The number of anilines is 1. The molecule has 0 aliphatic rings. The van der Waals surface area contributed by atoms with Crippen molar-refractivity contribution >= 4 is 11.6 Å². The van der Waals surface area contributed by atoms with E-state index in [2.05, 4.69) is 10.4 Å². The van der Waals surface area contributed by atoms with Crippen LogP contribution in [0.1, 0.15) is 6.92 Å². The van der Waals surface area contributed by atoms with Gasteiger partial charge in [-0.15, -0.1) is 0 Å². The molecule has 0 saturated carbocycles. The van der Waals surface area contributed by atoms with Gasteiger partial charge in [-0.05, 0) is 25.1 Å². The molecule has 5 heteroatoms. The summed E-state index contributed by atoms with van der Waals surface area (Å²) in [5.41, 5.74) is 7.02. The van der Waals surface area contributed by atoms with Crippen molar-refractivity contribution < 1.29 is 4.79 Å². The Morgan fingerprint density at radius 3 is 2.82 bits per heavy atom. The van der Waals surface area contributed by atoms with Crippen molar-refractivity contribution in [1.82, 2.24) is 9.78 Å². The molecule has 1 unspecified atom stereocenters. The molecule has 1 atom stereocenters. The van der Waals surface area contributed by atoms with Gasteiger partial charge in [-0.25, -0.2) is 4.68 Å². The van der Waals surface area contributed by atoms with Gasteiger partial charge in [0.05, 0.1) is 17.4 Å². The first-order chi connectivity index (χ1) is 8.18. The van der Waals surface area contributed by atoms with Crippen molar-refractivity contribution in [2.75, 3.05) is 5.32 Å². The second-order valence-electron chi connectivity index (χ2n) is 3.75. The van der Waals surface area contributed by atoms with Crippen LogP contribution in [0.2, 0.25) is 0 Å². The summed E-state index contributed by atoms with van der Waals surface area (Å²) in [4.78, 5) is 11.6. The van der Waals surface area contributed by atoms with E-state index in [9.17, 15) is 4.79 Å². The molecule has 3 N–H and O–H groups in total. The number of hydrogen-bond donors (Lipinski definition) is 2. The molecule has 0 spiro atoms. The molecule has 0 saturated heterocycles. The van der Waals surface area contributed by atoms with Crippen LogP contribution in [0.4, 0.5) is 5.69 Å². The normalized spacial score (nSPS) is 12.1. The Balaban J connectivity index is 2.32. The standard InChI is InChI=1S/C12H14N4O/c1-9(13)12(17)15-10-5-2-3-6-11(10)16-8-4-7-14-16/h2-9H,13H2,1H3,(H,15,17). The Hall–Kier alpha value is -2.14. The van der Waals surface area contributed by atoms with E-state index in [1.807, 2.05) is 36.5 Å². The Bertz CT molecular complexity index is 505. The molecule has 2 rings (SSSR count). The Morgan fingerprint density at radius 2 is 2.18 bits per heavy atom. The lowest BCUT2D eigenvalue weighted by molar-refractivity contribution is -0.117. The lowest BCUT2D eigenvalue weighted by atomic mass is 10.2. The van der Waals surface area contributed by atoms with Gasteiger partial charge in [0.25, 0.3) is 0 Å². The largest absolute Gasteiger partial charge is 0.323 e. The smallest absolute Gasteiger partial charge is 0.241 e. The van der Waals surface area contributed by atoms with Crippen LogP contribution in [0.15, 0.2) is 42.7 Å². The third kappa shape index (κ3) is 2.51. The lowest BCUT2D eigenvalue weighted by Crippen LogP contribution is -2.32. The molecule has 0 aliphatic carbocycles. The molecule has 2 aromatic rings. The van der Waals surface area contributed by atoms with E-state index in [4.69, 9.17) is 5.73 Å². The zero-order chi connectivity index (χ0) is 12.3. The number of carbonyl (C=O) groups is 1. The summed E-state index contributed by atoms with van der Waals surface area (Å²) in [5.74, 6) is -0.218. The number of rotatable bonds is 3. The van der Waals surface area contributed by atoms with Gasteiger partial charge in [0.1, 0.15) is 0 Å². The van der Waals surface area contributed by atoms with Crippen LogP contribution in [0, 0.1) is 0 Å². The van der Waals surface area contributed by atoms with E-state index in [0.717, 1.165) is 5.69 Å². The molecule has 0 fully saturated rings. The van der Waals surface area contributed by atoms with Crippen LogP contribution in [-0.2, 0) is 4.79 Å². The van der Waals surface area contributed by atoms with Crippen LogP contribution in [0.3, 0.4) is 0 Å². The van der Waals surface area contributed by atoms with Crippen molar-refractivity contribution in [3.8, 4) is 5.69 Å².